The third kappa shape index (κ3) is 1.69. The van der Waals surface area contributed by atoms with Crippen LogP contribution in [0.4, 0.5) is 5.69 Å². The van der Waals surface area contributed by atoms with Crippen LogP contribution >= 0.6 is 23.2 Å². The quantitative estimate of drug-likeness (QED) is 0.820. The lowest BCUT2D eigenvalue weighted by Gasteiger charge is -2.17. The number of imide groups is 1. The van der Waals surface area contributed by atoms with Gasteiger partial charge in [-0.2, -0.15) is 0 Å². The second-order valence-corrected chi connectivity index (χ2v) is 5.01. The van der Waals surface area contributed by atoms with Crippen molar-refractivity contribution in [3.63, 3.8) is 0 Å². The van der Waals surface area contributed by atoms with Gasteiger partial charge in [0, 0.05) is 0 Å². The molecule has 6 heteroatoms. The van der Waals surface area contributed by atoms with E-state index in [9.17, 15) is 14.7 Å². The van der Waals surface area contributed by atoms with Gasteiger partial charge in [-0.15, -0.1) is 0 Å². The number of amides is 2. The van der Waals surface area contributed by atoms with Gasteiger partial charge >= 0.3 is 0 Å². The molecule has 0 aromatic heterocycles. The second-order valence-electron chi connectivity index (χ2n) is 4.22. The fraction of sp³-hybridized carbons (Fsp3) is 0. The number of phenolic OH excluding ortho intramolecular Hbond substituents is 1. The molecule has 0 unspecified atom stereocenters. The SMILES string of the molecule is O=C1c2ccccc2C(=O)N1c1c(Cl)ccc(O)c1Cl. The molecule has 2 aromatic rings. The Balaban J connectivity index is 2.22. The molecule has 0 bridgehead atoms. The number of phenols is 1. The average molecular weight is 308 g/mol. The largest absolute Gasteiger partial charge is 0.506 e. The molecule has 3 rings (SSSR count). The molecule has 2 aromatic carbocycles. The molecule has 0 aliphatic carbocycles. The summed E-state index contributed by atoms with van der Waals surface area (Å²) in [5.74, 6) is -1.28. The predicted octanol–water partition coefficient (Wildman–Crippen LogP) is 3.50. The van der Waals surface area contributed by atoms with Crippen molar-refractivity contribution in [2.24, 2.45) is 0 Å². The molecule has 0 saturated heterocycles. The number of nitrogens with zero attached hydrogens (tertiary/aromatic N) is 1. The van der Waals surface area contributed by atoms with E-state index < -0.39 is 11.8 Å². The van der Waals surface area contributed by atoms with Crippen molar-refractivity contribution < 1.29 is 14.7 Å². The Morgan fingerprint density at radius 1 is 0.900 bits per heavy atom. The van der Waals surface area contributed by atoms with Gasteiger partial charge in [-0.25, -0.2) is 4.90 Å². The Kier molecular flexibility index (Phi) is 2.92. The van der Waals surface area contributed by atoms with Crippen molar-refractivity contribution in [1.29, 1.82) is 0 Å². The lowest BCUT2D eigenvalue weighted by Crippen LogP contribution is -2.29. The van der Waals surface area contributed by atoms with Crippen LogP contribution in [0, 0.1) is 0 Å². The summed E-state index contributed by atoms with van der Waals surface area (Å²) in [6.07, 6.45) is 0. The number of fused-ring (bicyclic) bond motifs is 1. The predicted molar refractivity (Wildman–Crippen MR) is 75.7 cm³/mol. The Hall–Kier alpha value is -2.04. The first-order valence-corrected chi connectivity index (χ1v) is 6.42. The lowest BCUT2D eigenvalue weighted by atomic mass is 10.1. The van der Waals surface area contributed by atoms with Crippen LogP contribution in [0.25, 0.3) is 0 Å². The molecule has 1 N–H and O–H groups in total. The van der Waals surface area contributed by atoms with E-state index in [-0.39, 0.29) is 32.6 Å². The van der Waals surface area contributed by atoms with E-state index in [0.717, 1.165) is 4.90 Å². The zero-order chi connectivity index (χ0) is 14.4. The third-order valence-electron chi connectivity index (χ3n) is 3.06. The van der Waals surface area contributed by atoms with Crippen molar-refractivity contribution in [3.05, 3.63) is 57.6 Å². The van der Waals surface area contributed by atoms with Gasteiger partial charge in [0.2, 0.25) is 0 Å². The number of hydrogen-bond donors (Lipinski definition) is 1. The first-order chi connectivity index (χ1) is 9.52. The summed E-state index contributed by atoms with van der Waals surface area (Å²) >= 11 is 12.0. The summed E-state index contributed by atoms with van der Waals surface area (Å²) in [5.41, 5.74) is 0.570. The molecule has 0 atom stereocenters. The summed E-state index contributed by atoms with van der Waals surface area (Å²) in [6, 6.07) is 9.12. The molecule has 1 aliphatic rings. The van der Waals surface area contributed by atoms with Crippen LogP contribution in [0.2, 0.25) is 10.0 Å². The summed E-state index contributed by atoms with van der Waals surface area (Å²) in [7, 11) is 0. The number of aromatic hydroxyl groups is 1. The highest BCUT2D eigenvalue weighted by molar-refractivity contribution is 6.45. The van der Waals surface area contributed by atoms with Crippen LogP contribution in [-0.4, -0.2) is 16.9 Å². The van der Waals surface area contributed by atoms with Crippen LogP contribution in [0.5, 0.6) is 5.75 Å². The zero-order valence-electron chi connectivity index (χ0n) is 9.93. The fourth-order valence-corrected chi connectivity index (χ4v) is 2.67. The average Bonchev–Trinajstić information content (AvgIpc) is 2.69. The van der Waals surface area contributed by atoms with Crippen molar-refractivity contribution in [2.45, 2.75) is 0 Å². The maximum atomic E-state index is 12.3. The minimum absolute atomic E-state index is 0.000432. The molecule has 0 fully saturated rings. The number of rotatable bonds is 1. The van der Waals surface area contributed by atoms with Crippen LogP contribution in [-0.2, 0) is 0 Å². The molecule has 0 spiro atoms. The Labute approximate surface area is 124 Å². The standard InChI is InChI=1S/C14H7Cl2NO3/c15-9-5-6-10(18)11(16)12(9)17-13(19)7-3-1-2-4-8(7)14(17)20/h1-6,18H. The van der Waals surface area contributed by atoms with Gasteiger partial charge < -0.3 is 5.11 Å². The van der Waals surface area contributed by atoms with Crippen LogP contribution in [0.15, 0.2) is 36.4 Å². The summed E-state index contributed by atoms with van der Waals surface area (Å²) < 4.78 is 0. The van der Waals surface area contributed by atoms with E-state index in [0.29, 0.717) is 0 Å². The van der Waals surface area contributed by atoms with Crippen LogP contribution in [0.3, 0.4) is 0 Å². The van der Waals surface area contributed by atoms with Gasteiger partial charge in [0.1, 0.15) is 10.8 Å². The van der Waals surface area contributed by atoms with Crippen molar-refractivity contribution in [2.75, 3.05) is 4.90 Å². The van der Waals surface area contributed by atoms with Gasteiger partial charge in [-0.3, -0.25) is 9.59 Å². The van der Waals surface area contributed by atoms with Gasteiger partial charge in [0.25, 0.3) is 11.8 Å². The highest BCUT2D eigenvalue weighted by Crippen LogP contribution is 2.42. The topological polar surface area (TPSA) is 57.6 Å². The van der Waals surface area contributed by atoms with Gasteiger partial charge in [0.05, 0.1) is 21.8 Å². The van der Waals surface area contributed by atoms with E-state index >= 15 is 0 Å². The highest BCUT2D eigenvalue weighted by atomic mass is 35.5. The summed E-state index contributed by atoms with van der Waals surface area (Å²) in [6.45, 7) is 0. The first kappa shape index (κ1) is 13.0. The smallest absolute Gasteiger partial charge is 0.266 e. The second kappa shape index (κ2) is 4.51. The van der Waals surface area contributed by atoms with Gasteiger partial charge in [0.15, 0.2) is 0 Å². The highest BCUT2D eigenvalue weighted by Gasteiger charge is 2.38. The van der Waals surface area contributed by atoms with E-state index in [1.165, 1.54) is 12.1 Å². The van der Waals surface area contributed by atoms with E-state index in [1.807, 2.05) is 0 Å². The number of anilines is 1. The monoisotopic (exact) mass is 307 g/mol. The van der Waals surface area contributed by atoms with Crippen LogP contribution in [0.1, 0.15) is 20.7 Å². The lowest BCUT2D eigenvalue weighted by molar-refractivity contribution is 0.0926. The minimum atomic E-state index is -0.514. The molecule has 0 saturated carbocycles. The summed E-state index contributed by atoms with van der Waals surface area (Å²) in [4.78, 5) is 25.5. The van der Waals surface area contributed by atoms with Crippen LogP contribution < -0.4 is 4.90 Å². The maximum Gasteiger partial charge on any atom is 0.266 e. The number of carbonyl (C=O) groups is 2. The molecule has 1 heterocycles. The molecule has 2 amide bonds. The zero-order valence-corrected chi connectivity index (χ0v) is 11.4. The fourth-order valence-electron chi connectivity index (χ4n) is 2.13. The first-order valence-electron chi connectivity index (χ1n) is 5.67. The number of carbonyl (C=O) groups excluding carboxylic acids is 2. The molecule has 100 valence electrons. The molecular formula is C14H7Cl2NO3. The molecule has 1 aliphatic heterocycles. The number of hydrogen-bond acceptors (Lipinski definition) is 3. The van der Waals surface area contributed by atoms with Crippen molar-refractivity contribution >= 4 is 40.7 Å². The summed E-state index contributed by atoms with van der Waals surface area (Å²) in [5, 5.41) is 9.62. The molecular weight excluding hydrogens is 301 g/mol. The van der Waals surface area contributed by atoms with E-state index in [2.05, 4.69) is 0 Å². The van der Waals surface area contributed by atoms with E-state index in [1.54, 1.807) is 24.3 Å². The van der Waals surface area contributed by atoms with Gasteiger partial charge in [-0.1, -0.05) is 35.3 Å². The molecule has 20 heavy (non-hydrogen) atoms. The minimum Gasteiger partial charge on any atom is -0.506 e. The third-order valence-corrected chi connectivity index (χ3v) is 3.74. The molecule has 0 radical (unpaired) electrons. The maximum absolute atomic E-state index is 12.3. The molecule has 4 nitrogen and oxygen atoms in total. The Morgan fingerprint density at radius 2 is 1.45 bits per heavy atom. The number of halogens is 2. The van der Waals surface area contributed by atoms with E-state index in [4.69, 9.17) is 23.2 Å². The Morgan fingerprint density at radius 3 is 2.00 bits per heavy atom. The normalized spacial score (nSPS) is 13.8. The van der Waals surface area contributed by atoms with Crippen molar-refractivity contribution in [3.8, 4) is 5.75 Å². The van der Waals surface area contributed by atoms with Gasteiger partial charge in [-0.05, 0) is 24.3 Å². The Bertz CT molecular complexity index is 723. The number of benzene rings is 2. The van der Waals surface area contributed by atoms with Crippen molar-refractivity contribution in [1.82, 2.24) is 0 Å².